The van der Waals surface area contributed by atoms with Gasteiger partial charge >= 0.3 is 21.6 Å². The van der Waals surface area contributed by atoms with Gasteiger partial charge in [-0.15, -0.1) is 5.10 Å². The summed E-state index contributed by atoms with van der Waals surface area (Å²) >= 11 is 6.06. The molecule has 30 heavy (non-hydrogen) atoms. The highest BCUT2D eigenvalue weighted by Crippen LogP contribution is 2.28. The second-order valence-corrected chi connectivity index (χ2v) is 7.99. The SMILES string of the molecule is CCOC(=O)c1cc(C)n(Cc2cc(Cl)cc3cc(OS(=O)(=O)C(F)(F)F)nn23)n1. The van der Waals surface area contributed by atoms with Gasteiger partial charge in [-0.25, -0.2) is 9.31 Å². The predicted molar refractivity (Wildman–Crippen MR) is 97.8 cm³/mol. The third kappa shape index (κ3) is 4.36. The van der Waals surface area contributed by atoms with Crippen molar-refractivity contribution in [1.82, 2.24) is 19.4 Å². The number of carbonyl (C=O) groups is 1. The maximum Gasteiger partial charge on any atom is 0.534 e. The predicted octanol–water partition coefficient (Wildman–Crippen LogP) is 2.95. The third-order valence-corrected chi connectivity index (χ3v) is 5.01. The number of hydrogen-bond acceptors (Lipinski definition) is 7. The van der Waals surface area contributed by atoms with Gasteiger partial charge in [-0.2, -0.15) is 26.7 Å². The van der Waals surface area contributed by atoms with E-state index in [4.69, 9.17) is 16.3 Å². The molecule has 0 atom stereocenters. The van der Waals surface area contributed by atoms with E-state index in [1.54, 1.807) is 13.8 Å². The molecule has 0 unspecified atom stereocenters. The van der Waals surface area contributed by atoms with E-state index in [9.17, 15) is 26.4 Å². The van der Waals surface area contributed by atoms with Crippen LogP contribution in [0.1, 0.15) is 28.8 Å². The molecule has 0 bridgehead atoms. The Balaban J connectivity index is 1.97. The first-order valence-corrected chi connectivity index (χ1v) is 10.1. The molecule has 3 aromatic heterocycles. The van der Waals surface area contributed by atoms with Crippen molar-refractivity contribution in [1.29, 1.82) is 0 Å². The number of fused-ring (bicyclic) bond motifs is 1. The van der Waals surface area contributed by atoms with Crippen molar-refractivity contribution in [2.45, 2.75) is 25.9 Å². The van der Waals surface area contributed by atoms with Crippen LogP contribution < -0.4 is 4.18 Å². The van der Waals surface area contributed by atoms with Gasteiger partial charge in [0.05, 0.1) is 24.4 Å². The molecule has 0 aliphatic heterocycles. The Morgan fingerprint density at radius 2 is 1.90 bits per heavy atom. The molecule has 0 amide bonds. The van der Waals surface area contributed by atoms with Gasteiger partial charge in [0, 0.05) is 16.8 Å². The summed E-state index contributed by atoms with van der Waals surface area (Å²) in [5, 5.41) is 8.13. The summed E-state index contributed by atoms with van der Waals surface area (Å²) in [7, 11) is -5.88. The Labute approximate surface area is 173 Å². The zero-order valence-corrected chi connectivity index (χ0v) is 17.0. The smallest absolute Gasteiger partial charge is 0.461 e. The summed E-state index contributed by atoms with van der Waals surface area (Å²) in [6.07, 6.45) is 0. The number of halogens is 4. The van der Waals surface area contributed by atoms with Crippen LogP contribution in [0.5, 0.6) is 5.88 Å². The van der Waals surface area contributed by atoms with Crippen LogP contribution in [0.2, 0.25) is 5.02 Å². The van der Waals surface area contributed by atoms with Crippen molar-refractivity contribution in [3.8, 4) is 5.88 Å². The zero-order chi connectivity index (χ0) is 22.3. The maximum absolute atomic E-state index is 12.6. The zero-order valence-electron chi connectivity index (χ0n) is 15.5. The van der Waals surface area contributed by atoms with Crippen molar-refractivity contribution in [3.05, 3.63) is 46.4 Å². The van der Waals surface area contributed by atoms with Gasteiger partial charge in [-0.1, -0.05) is 11.6 Å². The summed E-state index contributed by atoms with van der Waals surface area (Å²) in [6.45, 7) is 3.54. The molecule has 3 heterocycles. The number of carbonyl (C=O) groups excluding carboxylic acids is 1. The molecule has 0 aromatic carbocycles. The molecule has 0 saturated heterocycles. The van der Waals surface area contributed by atoms with Gasteiger partial charge in [-0.05, 0) is 32.0 Å². The van der Waals surface area contributed by atoms with E-state index in [1.807, 2.05) is 0 Å². The van der Waals surface area contributed by atoms with Crippen LogP contribution in [0.15, 0.2) is 24.3 Å². The topological polar surface area (TPSA) is 105 Å². The second-order valence-electron chi connectivity index (χ2n) is 6.02. The average molecular weight is 467 g/mol. The fourth-order valence-corrected chi connectivity index (χ4v) is 3.19. The number of aromatic nitrogens is 4. The first-order valence-electron chi connectivity index (χ1n) is 8.32. The molecular weight excluding hydrogens is 453 g/mol. The highest BCUT2D eigenvalue weighted by atomic mass is 35.5. The molecule has 0 N–H and O–H groups in total. The lowest BCUT2D eigenvalue weighted by atomic mass is 10.3. The Kier molecular flexibility index (Phi) is 5.69. The number of aryl methyl sites for hydroxylation is 1. The minimum absolute atomic E-state index is 0.0233. The maximum atomic E-state index is 12.6. The van der Waals surface area contributed by atoms with E-state index in [2.05, 4.69) is 14.4 Å². The molecule has 0 aliphatic rings. The molecule has 0 aliphatic carbocycles. The lowest BCUT2D eigenvalue weighted by Crippen LogP contribution is -2.28. The first kappa shape index (κ1) is 21.9. The minimum Gasteiger partial charge on any atom is -0.461 e. The molecule has 0 saturated carbocycles. The summed E-state index contributed by atoms with van der Waals surface area (Å²) in [5.41, 5.74) is -4.39. The van der Waals surface area contributed by atoms with E-state index < -0.39 is 27.5 Å². The highest BCUT2D eigenvalue weighted by molar-refractivity contribution is 7.87. The van der Waals surface area contributed by atoms with Crippen molar-refractivity contribution in [3.63, 3.8) is 0 Å². The largest absolute Gasteiger partial charge is 0.534 e. The molecule has 9 nitrogen and oxygen atoms in total. The molecule has 14 heteroatoms. The van der Waals surface area contributed by atoms with Crippen LogP contribution in [0, 0.1) is 6.92 Å². The number of nitrogens with zero attached hydrogens (tertiary/aromatic N) is 4. The van der Waals surface area contributed by atoms with Gasteiger partial charge < -0.3 is 8.92 Å². The van der Waals surface area contributed by atoms with E-state index in [0.29, 0.717) is 11.4 Å². The first-order chi connectivity index (χ1) is 13.9. The number of rotatable bonds is 6. The summed E-state index contributed by atoms with van der Waals surface area (Å²) < 4.78 is 71.7. The quantitative estimate of drug-likeness (QED) is 0.312. The van der Waals surface area contributed by atoms with Crippen LogP contribution in [-0.2, 0) is 21.4 Å². The lowest BCUT2D eigenvalue weighted by Gasteiger charge is -2.08. The number of ether oxygens (including phenoxy) is 1. The summed E-state index contributed by atoms with van der Waals surface area (Å²) in [4.78, 5) is 11.8. The van der Waals surface area contributed by atoms with Crippen LogP contribution in [-0.4, -0.2) is 45.9 Å². The molecule has 3 aromatic rings. The molecule has 162 valence electrons. The van der Waals surface area contributed by atoms with Crippen LogP contribution in [0.3, 0.4) is 0 Å². The van der Waals surface area contributed by atoms with Crippen LogP contribution in [0.4, 0.5) is 13.2 Å². The summed E-state index contributed by atoms with van der Waals surface area (Å²) in [5.74, 6) is -1.39. The minimum atomic E-state index is -5.88. The van der Waals surface area contributed by atoms with E-state index in [1.165, 1.54) is 22.9 Å². The molecular formula is C16H14ClF3N4O5S. The Hall–Kier alpha value is -2.80. The molecule has 0 radical (unpaired) electrons. The van der Waals surface area contributed by atoms with E-state index in [0.717, 1.165) is 10.6 Å². The normalized spacial score (nSPS) is 12.3. The highest BCUT2D eigenvalue weighted by Gasteiger charge is 2.49. The number of alkyl halides is 3. The fraction of sp³-hybridized carbons (Fsp3) is 0.312. The van der Waals surface area contributed by atoms with Crippen LogP contribution in [0.25, 0.3) is 5.52 Å². The Bertz CT molecular complexity index is 1220. The second kappa shape index (κ2) is 7.80. The van der Waals surface area contributed by atoms with Crippen molar-refractivity contribution < 1.29 is 35.3 Å². The fourth-order valence-electron chi connectivity index (χ4n) is 2.55. The third-order valence-electron chi connectivity index (χ3n) is 3.83. The average Bonchev–Trinajstić information content (AvgIpc) is 3.17. The van der Waals surface area contributed by atoms with Crippen molar-refractivity contribution in [2.75, 3.05) is 6.61 Å². The molecule has 3 rings (SSSR count). The number of esters is 1. The van der Waals surface area contributed by atoms with Gasteiger partial charge in [-0.3, -0.25) is 4.68 Å². The molecule has 0 fully saturated rings. The van der Waals surface area contributed by atoms with E-state index in [-0.39, 0.29) is 29.4 Å². The van der Waals surface area contributed by atoms with Crippen LogP contribution >= 0.6 is 11.6 Å². The van der Waals surface area contributed by atoms with Crippen molar-refractivity contribution >= 4 is 33.2 Å². The van der Waals surface area contributed by atoms with Gasteiger partial charge in [0.1, 0.15) is 0 Å². The molecule has 0 spiro atoms. The monoisotopic (exact) mass is 466 g/mol. The lowest BCUT2D eigenvalue weighted by molar-refractivity contribution is -0.0501. The number of pyridine rings is 1. The van der Waals surface area contributed by atoms with Gasteiger partial charge in [0.15, 0.2) is 5.69 Å². The Morgan fingerprint density at radius 1 is 1.20 bits per heavy atom. The summed E-state index contributed by atoms with van der Waals surface area (Å²) in [6, 6.07) is 5.34. The van der Waals surface area contributed by atoms with Gasteiger partial charge in [0.2, 0.25) is 0 Å². The Morgan fingerprint density at radius 3 is 2.53 bits per heavy atom. The van der Waals surface area contributed by atoms with Gasteiger partial charge in [0.25, 0.3) is 5.88 Å². The van der Waals surface area contributed by atoms with E-state index >= 15 is 0 Å². The van der Waals surface area contributed by atoms with Crippen molar-refractivity contribution in [2.24, 2.45) is 0 Å². The number of hydrogen-bond donors (Lipinski definition) is 0. The standard InChI is InChI=1S/C16H14ClF3N4O5S/c1-3-28-15(25)13-4-9(2)23(21-13)8-12-6-10(17)5-11-7-14(22-24(11)12)29-30(26,27)16(18,19)20/h4-7H,3,8H2,1-2H3.